The van der Waals surface area contributed by atoms with Crippen LogP contribution in [0.1, 0.15) is 72.1 Å². The summed E-state index contributed by atoms with van der Waals surface area (Å²) in [5, 5.41) is 0. The van der Waals surface area contributed by atoms with Crippen LogP contribution in [0.2, 0.25) is 0 Å². The maximum Gasteiger partial charge on any atom is 0.302 e. The van der Waals surface area contributed by atoms with E-state index in [2.05, 4.69) is 19.9 Å². The summed E-state index contributed by atoms with van der Waals surface area (Å²) in [6.07, 6.45) is 10.8. The molecule has 132 valence electrons. The minimum Gasteiger partial charge on any atom is -0.462 e. The lowest BCUT2D eigenvalue weighted by Crippen LogP contribution is -2.50. The van der Waals surface area contributed by atoms with Gasteiger partial charge in [0.15, 0.2) is 0 Å². The fraction of sp³-hybridized carbons (Fsp3) is 0.810. The first-order valence-electron chi connectivity index (χ1n) is 9.74. The van der Waals surface area contributed by atoms with Crippen LogP contribution in [0, 0.1) is 28.6 Å². The molecule has 24 heavy (non-hydrogen) atoms. The fourth-order valence-electron chi connectivity index (χ4n) is 6.73. The van der Waals surface area contributed by atoms with Crippen LogP contribution in [0.15, 0.2) is 11.6 Å². The van der Waals surface area contributed by atoms with Gasteiger partial charge in [0.25, 0.3) is 0 Å². The van der Waals surface area contributed by atoms with Gasteiger partial charge >= 0.3 is 5.97 Å². The number of ether oxygens (including phenoxy) is 1. The van der Waals surface area contributed by atoms with Crippen LogP contribution in [0.3, 0.4) is 0 Å². The second-order valence-corrected chi connectivity index (χ2v) is 9.15. The molecule has 0 saturated heterocycles. The summed E-state index contributed by atoms with van der Waals surface area (Å²) < 4.78 is 5.50. The Morgan fingerprint density at radius 3 is 2.58 bits per heavy atom. The van der Waals surface area contributed by atoms with Crippen molar-refractivity contribution in [2.75, 3.05) is 0 Å². The molecule has 4 aliphatic rings. The monoisotopic (exact) mass is 330 g/mol. The molecule has 3 nitrogen and oxygen atoms in total. The van der Waals surface area contributed by atoms with Crippen LogP contribution in [-0.4, -0.2) is 17.9 Å². The molecule has 0 radical (unpaired) electrons. The van der Waals surface area contributed by atoms with Crippen molar-refractivity contribution in [1.82, 2.24) is 0 Å². The van der Waals surface area contributed by atoms with Crippen molar-refractivity contribution in [3.63, 3.8) is 0 Å². The number of allylic oxidation sites excluding steroid dienone is 1. The number of rotatable bonds is 1. The predicted molar refractivity (Wildman–Crippen MR) is 92.3 cm³/mol. The molecule has 6 atom stereocenters. The molecule has 4 aliphatic carbocycles. The van der Waals surface area contributed by atoms with Gasteiger partial charge in [-0.25, -0.2) is 0 Å². The van der Waals surface area contributed by atoms with E-state index in [9.17, 15) is 9.59 Å². The van der Waals surface area contributed by atoms with Crippen LogP contribution >= 0.6 is 0 Å². The third-order valence-corrected chi connectivity index (χ3v) is 8.10. The highest BCUT2D eigenvalue weighted by Crippen LogP contribution is 2.64. The first kappa shape index (κ1) is 16.4. The van der Waals surface area contributed by atoms with E-state index in [0.717, 1.165) is 44.9 Å². The molecule has 3 saturated carbocycles. The number of hydrogen-bond acceptors (Lipinski definition) is 3. The van der Waals surface area contributed by atoms with Crippen molar-refractivity contribution >= 4 is 11.8 Å². The first-order chi connectivity index (χ1) is 11.3. The topological polar surface area (TPSA) is 43.4 Å². The summed E-state index contributed by atoms with van der Waals surface area (Å²) in [6, 6.07) is 0. The Balaban J connectivity index is 1.60. The third-order valence-electron chi connectivity index (χ3n) is 8.10. The number of ketones is 1. The van der Waals surface area contributed by atoms with Gasteiger partial charge in [-0.2, -0.15) is 0 Å². The highest BCUT2D eigenvalue weighted by Gasteiger charge is 2.58. The number of hydrogen-bond donors (Lipinski definition) is 0. The van der Waals surface area contributed by atoms with Crippen molar-refractivity contribution in [2.24, 2.45) is 28.6 Å². The first-order valence-corrected chi connectivity index (χ1v) is 9.74. The van der Waals surface area contributed by atoms with Crippen LogP contribution in [-0.2, 0) is 14.3 Å². The zero-order valence-electron chi connectivity index (χ0n) is 15.3. The van der Waals surface area contributed by atoms with E-state index >= 15 is 0 Å². The van der Waals surface area contributed by atoms with Gasteiger partial charge in [0.1, 0.15) is 11.9 Å². The maximum absolute atomic E-state index is 12.4. The Morgan fingerprint density at radius 1 is 1.12 bits per heavy atom. The molecule has 3 fully saturated rings. The molecule has 0 aromatic rings. The van der Waals surface area contributed by atoms with Crippen molar-refractivity contribution in [1.29, 1.82) is 0 Å². The molecule has 0 spiro atoms. The third kappa shape index (κ3) is 2.23. The van der Waals surface area contributed by atoms with E-state index in [1.54, 1.807) is 0 Å². The quantitative estimate of drug-likeness (QED) is 0.527. The minimum atomic E-state index is -0.157. The van der Waals surface area contributed by atoms with E-state index in [4.69, 9.17) is 4.74 Å². The largest absolute Gasteiger partial charge is 0.462 e. The maximum atomic E-state index is 12.4. The summed E-state index contributed by atoms with van der Waals surface area (Å²) in [6.45, 7) is 6.19. The molecule has 3 heteroatoms. The van der Waals surface area contributed by atoms with E-state index in [1.165, 1.54) is 18.9 Å². The number of esters is 1. The molecule has 0 N–H and O–H groups in total. The van der Waals surface area contributed by atoms with E-state index in [-0.39, 0.29) is 22.9 Å². The van der Waals surface area contributed by atoms with Crippen LogP contribution in [0.25, 0.3) is 0 Å². The highest BCUT2D eigenvalue weighted by atomic mass is 16.5. The van der Waals surface area contributed by atoms with Crippen molar-refractivity contribution in [3.8, 4) is 0 Å². The van der Waals surface area contributed by atoms with Gasteiger partial charge in [0.05, 0.1) is 0 Å². The second kappa shape index (κ2) is 5.44. The summed E-state index contributed by atoms with van der Waals surface area (Å²) >= 11 is 0. The molecule has 4 rings (SSSR count). The Hall–Kier alpha value is -1.12. The van der Waals surface area contributed by atoms with E-state index < -0.39 is 0 Å². The molecule has 0 amide bonds. The second-order valence-electron chi connectivity index (χ2n) is 9.15. The zero-order chi connectivity index (χ0) is 17.1. The number of fused-ring (bicyclic) bond motifs is 5. The van der Waals surface area contributed by atoms with Crippen LogP contribution < -0.4 is 0 Å². The van der Waals surface area contributed by atoms with Gasteiger partial charge in [0, 0.05) is 25.2 Å². The molecule has 0 bridgehead atoms. The van der Waals surface area contributed by atoms with Crippen molar-refractivity contribution < 1.29 is 14.3 Å². The van der Waals surface area contributed by atoms with Gasteiger partial charge in [0.2, 0.25) is 0 Å². The normalized spacial score (nSPS) is 47.3. The molecular formula is C21H30O3. The summed E-state index contributed by atoms with van der Waals surface area (Å²) in [5.41, 5.74) is 1.74. The lowest BCUT2D eigenvalue weighted by atomic mass is 9.48. The standard InChI is InChI=1S/C21H30O3/c1-13(22)24-15-8-10-20(2)14(12-15)4-5-16-17-6-7-19(23)21(17,3)11-9-18(16)20/h4,15-18H,5-12H2,1-3H3/t15-,16+,17-,18+,20-,21-/m0/s1. The smallest absolute Gasteiger partial charge is 0.302 e. The summed E-state index contributed by atoms with van der Waals surface area (Å²) in [5.74, 6) is 2.33. The highest BCUT2D eigenvalue weighted by molar-refractivity contribution is 5.87. The predicted octanol–water partition coefficient (Wildman–Crippen LogP) is 4.45. The van der Waals surface area contributed by atoms with Gasteiger partial charge in [-0.05, 0) is 61.7 Å². The Kier molecular flexibility index (Phi) is 3.71. The minimum absolute atomic E-state index is 0.0438. The molecule has 0 aliphatic heterocycles. The Labute approximate surface area is 145 Å². The Morgan fingerprint density at radius 2 is 1.83 bits per heavy atom. The lowest BCUT2D eigenvalue weighted by Gasteiger charge is -2.56. The SMILES string of the molecule is CC(=O)O[C@H]1CC[C@@]2(C)C(=CC[C@H]3[C@H]2CC[C@]2(C)C(=O)CC[C@@H]32)C1. The molecule has 0 aromatic heterocycles. The Bertz CT molecular complexity index is 606. The number of carbonyl (C=O) groups is 2. The average molecular weight is 330 g/mol. The fourth-order valence-corrected chi connectivity index (χ4v) is 6.73. The van der Waals surface area contributed by atoms with Gasteiger partial charge < -0.3 is 4.74 Å². The molecule has 0 unspecified atom stereocenters. The molecule has 0 heterocycles. The van der Waals surface area contributed by atoms with Crippen LogP contribution in [0.5, 0.6) is 0 Å². The van der Waals surface area contributed by atoms with E-state index in [0.29, 0.717) is 23.5 Å². The number of carbonyl (C=O) groups excluding carboxylic acids is 2. The molecule has 0 aromatic carbocycles. The summed E-state index contributed by atoms with van der Waals surface area (Å²) in [7, 11) is 0. The van der Waals surface area contributed by atoms with Crippen molar-refractivity contribution in [2.45, 2.75) is 78.2 Å². The van der Waals surface area contributed by atoms with Crippen LogP contribution in [0.4, 0.5) is 0 Å². The van der Waals surface area contributed by atoms with E-state index in [1.807, 2.05) is 0 Å². The van der Waals surface area contributed by atoms with Gasteiger partial charge in [-0.3, -0.25) is 9.59 Å². The zero-order valence-corrected chi connectivity index (χ0v) is 15.3. The lowest BCUT2D eigenvalue weighted by molar-refractivity contribution is -0.148. The van der Waals surface area contributed by atoms with Crippen molar-refractivity contribution in [3.05, 3.63) is 11.6 Å². The average Bonchev–Trinajstić information content (AvgIpc) is 2.83. The van der Waals surface area contributed by atoms with Gasteiger partial charge in [-0.1, -0.05) is 25.5 Å². The number of Topliss-reactive ketones (excluding diaryl/α,β-unsaturated/α-hetero) is 1. The van der Waals surface area contributed by atoms with Gasteiger partial charge in [-0.15, -0.1) is 0 Å². The molecular weight excluding hydrogens is 300 g/mol. The summed E-state index contributed by atoms with van der Waals surface area (Å²) in [4.78, 5) is 23.7.